The zero-order chi connectivity index (χ0) is 12.7. The summed E-state index contributed by atoms with van der Waals surface area (Å²) in [4.78, 5) is 16.4. The Morgan fingerprint density at radius 2 is 1.83 bits per heavy atom. The predicted molar refractivity (Wildman–Crippen MR) is 71.4 cm³/mol. The highest BCUT2D eigenvalue weighted by molar-refractivity contribution is 6.11. The fraction of sp³-hybridized carbons (Fsp3) is 0.143. The number of aromatic nitrogens is 1. The molecule has 0 bridgehead atoms. The van der Waals surface area contributed by atoms with Crippen molar-refractivity contribution in [3.8, 4) is 0 Å². The Morgan fingerprint density at radius 3 is 2.67 bits per heavy atom. The summed E-state index contributed by atoms with van der Waals surface area (Å²) in [7, 11) is 0. The molecule has 0 saturated heterocycles. The van der Waals surface area contributed by atoms with Crippen molar-refractivity contribution in [1.82, 2.24) is 4.98 Å². The first-order valence-corrected chi connectivity index (χ1v) is 5.80. The molecule has 2 heterocycles. The number of anilines is 3. The Morgan fingerprint density at radius 1 is 1.06 bits per heavy atom. The first kappa shape index (κ1) is 10.8. The van der Waals surface area contributed by atoms with E-state index in [-0.39, 0.29) is 5.91 Å². The zero-order valence-electron chi connectivity index (χ0n) is 10.2. The summed E-state index contributed by atoms with van der Waals surface area (Å²) >= 11 is 0. The van der Waals surface area contributed by atoms with Crippen molar-refractivity contribution < 1.29 is 4.79 Å². The smallest absolute Gasteiger partial charge is 0.257 e. The van der Waals surface area contributed by atoms with Crippen LogP contribution in [0.1, 0.15) is 21.5 Å². The lowest BCUT2D eigenvalue weighted by Gasteiger charge is -2.09. The van der Waals surface area contributed by atoms with E-state index < -0.39 is 0 Å². The summed E-state index contributed by atoms with van der Waals surface area (Å²) in [6, 6.07) is 7.51. The summed E-state index contributed by atoms with van der Waals surface area (Å²) in [5, 5.41) is 6.07. The van der Waals surface area contributed by atoms with Crippen molar-refractivity contribution in [2.75, 3.05) is 10.6 Å². The number of hydrogen-bond acceptors (Lipinski definition) is 3. The molecule has 18 heavy (non-hydrogen) atoms. The molecule has 1 aromatic carbocycles. The summed E-state index contributed by atoms with van der Waals surface area (Å²) < 4.78 is 0. The summed E-state index contributed by atoms with van der Waals surface area (Å²) in [6.45, 7) is 4.03. The minimum atomic E-state index is -0.104. The molecule has 1 aliphatic heterocycles. The van der Waals surface area contributed by atoms with Gasteiger partial charge in [-0.25, -0.2) is 4.98 Å². The molecular weight excluding hydrogens is 226 g/mol. The molecule has 90 valence electrons. The van der Waals surface area contributed by atoms with E-state index in [9.17, 15) is 4.79 Å². The van der Waals surface area contributed by atoms with Gasteiger partial charge in [0.2, 0.25) is 0 Å². The van der Waals surface area contributed by atoms with Crippen LogP contribution in [0.5, 0.6) is 0 Å². The average molecular weight is 239 g/mol. The van der Waals surface area contributed by atoms with E-state index in [1.165, 1.54) is 0 Å². The summed E-state index contributed by atoms with van der Waals surface area (Å²) in [6.07, 6.45) is 1.70. The molecule has 4 heteroatoms. The fourth-order valence-electron chi connectivity index (χ4n) is 2.03. The largest absolute Gasteiger partial charge is 0.338 e. The van der Waals surface area contributed by atoms with Crippen LogP contribution in [-0.2, 0) is 0 Å². The Labute approximate surface area is 105 Å². The van der Waals surface area contributed by atoms with Gasteiger partial charge in [0.05, 0.1) is 16.9 Å². The summed E-state index contributed by atoms with van der Waals surface area (Å²) in [5.74, 6) is 0.570. The number of amides is 1. The molecule has 0 aliphatic carbocycles. The number of nitrogens with zero attached hydrogens (tertiary/aromatic N) is 1. The standard InChI is InChI=1S/C14H13N3O/c1-8-6-10-12(7-9(8)2)16-13-11(17-14(10)18)4-3-5-15-13/h3-7H,1-2H3,(H,15,16)(H,17,18). The Hall–Kier alpha value is -2.36. The van der Waals surface area contributed by atoms with Crippen molar-refractivity contribution in [2.45, 2.75) is 13.8 Å². The number of rotatable bonds is 0. The van der Waals surface area contributed by atoms with E-state index in [2.05, 4.69) is 15.6 Å². The van der Waals surface area contributed by atoms with Crippen LogP contribution < -0.4 is 10.6 Å². The SMILES string of the molecule is Cc1cc2c(cc1C)C(=O)Nc1cccnc1N2. The maximum atomic E-state index is 12.2. The number of nitrogens with one attached hydrogen (secondary N) is 2. The van der Waals surface area contributed by atoms with E-state index in [0.29, 0.717) is 17.1 Å². The maximum Gasteiger partial charge on any atom is 0.257 e. The lowest BCUT2D eigenvalue weighted by Crippen LogP contribution is -2.11. The molecule has 0 atom stereocenters. The van der Waals surface area contributed by atoms with Crippen molar-refractivity contribution in [2.24, 2.45) is 0 Å². The Balaban J connectivity index is 2.20. The minimum absolute atomic E-state index is 0.104. The molecule has 0 spiro atoms. The van der Waals surface area contributed by atoms with Gasteiger partial charge in [0.15, 0.2) is 5.82 Å². The molecule has 2 N–H and O–H groups in total. The third-order valence-electron chi connectivity index (χ3n) is 3.19. The van der Waals surface area contributed by atoms with Crippen LogP contribution in [0.25, 0.3) is 0 Å². The summed E-state index contributed by atoms with van der Waals surface area (Å²) in [5.41, 5.74) is 4.40. The van der Waals surface area contributed by atoms with Gasteiger partial charge in [-0.1, -0.05) is 0 Å². The van der Waals surface area contributed by atoms with Gasteiger partial charge < -0.3 is 10.6 Å². The molecule has 2 aromatic rings. The first-order chi connectivity index (χ1) is 8.65. The minimum Gasteiger partial charge on any atom is -0.338 e. The first-order valence-electron chi connectivity index (χ1n) is 5.80. The normalized spacial score (nSPS) is 12.9. The molecule has 0 unspecified atom stereocenters. The Bertz CT molecular complexity index is 649. The van der Waals surface area contributed by atoms with E-state index >= 15 is 0 Å². The number of fused-ring (bicyclic) bond motifs is 2. The van der Waals surface area contributed by atoms with Crippen LogP contribution in [0.15, 0.2) is 30.5 Å². The number of carbonyl (C=O) groups excluding carboxylic acids is 1. The van der Waals surface area contributed by atoms with Gasteiger partial charge >= 0.3 is 0 Å². The fourth-order valence-corrected chi connectivity index (χ4v) is 2.03. The van der Waals surface area contributed by atoms with E-state index in [4.69, 9.17) is 0 Å². The molecule has 1 aliphatic rings. The highest BCUT2D eigenvalue weighted by Gasteiger charge is 2.19. The second-order valence-corrected chi connectivity index (χ2v) is 4.46. The van der Waals surface area contributed by atoms with E-state index in [1.54, 1.807) is 12.3 Å². The molecule has 4 nitrogen and oxygen atoms in total. The van der Waals surface area contributed by atoms with Gasteiger partial charge in [0, 0.05) is 6.20 Å². The topological polar surface area (TPSA) is 54.0 Å². The van der Waals surface area contributed by atoms with E-state index in [1.807, 2.05) is 32.0 Å². The molecule has 1 amide bonds. The van der Waals surface area contributed by atoms with Crippen molar-refractivity contribution in [1.29, 1.82) is 0 Å². The third-order valence-corrected chi connectivity index (χ3v) is 3.19. The molecule has 3 rings (SSSR count). The number of carbonyl (C=O) groups is 1. The molecule has 0 saturated carbocycles. The number of pyridine rings is 1. The van der Waals surface area contributed by atoms with Crippen LogP contribution in [0.4, 0.5) is 17.2 Å². The monoisotopic (exact) mass is 239 g/mol. The third kappa shape index (κ3) is 1.62. The van der Waals surface area contributed by atoms with Crippen molar-refractivity contribution in [3.05, 3.63) is 47.2 Å². The Kier molecular flexibility index (Phi) is 2.30. The zero-order valence-corrected chi connectivity index (χ0v) is 10.2. The quantitative estimate of drug-likeness (QED) is 0.743. The number of aryl methyl sites for hydroxylation is 2. The van der Waals surface area contributed by atoms with Crippen LogP contribution >= 0.6 is 0 Å². The predicted octanol–water partition coefficient (Wildman–Crippen LogP) is 3.01. The van der Waals surface area contributed by atoms with Crippen LogP contribution in [0.2, 0.25) is 0 Å². The van der Waals surface area contributed by atoms with Crippen LogP contribution in [0.3, 0.4) is 0 Å². The maximum absolute atomic E-state index is 12.2. The van der Waals surface area contributed by atoms with Crippen LogP contribution in [-0.4, -0.2) is 10.9 Å². The van der Waals surface area contributed by atoms with Gasteiger partial charge in [-0.2, -0.15) is 0 Å². The van der Waals surface area contributed by atoms with Gasteiger partial charge in [0.1, 0.15) is 0 Å². The van der Waals surface area contributed by atoms with E-state index in [0.717, 1.165) is 16.8 Å². The second kappa shape index (κ2) is 3.84. The average Bonchev–Trinajstić information content (AvgIpc) is 2.47. The molecule has 0 radical (unpaired) electrons. The van der Waals surface area contributed by atoms with Gasteiger partial charge in [0.25, 0.3) is 5.91 Å². The molecular formula is C14H13N3O. The van der Waals surface area contributed by atoms with Gasteiger partial charge in [-0.15, -0.1) is 0 Å². The molecule has 0 fully saturated rings. The van der Waals surface area contributed by atoms with Gasteiger partial charge in [-0.3, -0.25) is 4.79 Å². The highest BCUT2D eigenvalue weighted by atomic mass is 16.1. The highest BCUT2D eigenvalue weighted by Crippen LogP contribution is 2.31. The number of hydrogen-bond donors (Lipinski definition) is 2. The second-order valence-electron chi connectivity index (χ2n) is 4.46. The lowest BCUT2D eigenvalue weighted by atomic mass is 10.0. The van der Waals surface area contributed by atoms with Crippen molar-refractivity contribution in [3.63, 3.8) is 0 Å². The molecule has 1 aromatic heterocycles. The van der Waals surface area contributed by atoms with Crippen LogP contribution in [0, 0.1) is 13.8 Å². The lowest BCUT2D eigenvalue weighted by molar-refractivity contribution is 0.102. The number of benzene rings is 1. The van der Waals surface area contributed by atoms with Crippen molar-refractivity contribution >= 4 is 23.1 Å². The van der Waals surface area contributed by atoms with Gasteiger partial charge in [-0.05, 0) is 49.2 Å².